The Hall–Kier alpha value is -1.71. The van der Waals surface area contributed by atoms with Crippen LogP contribution in [-0.2, 0) is 4.79 Å². The van der Waals surface area contributed by atoms with Gasteiger partial charge >= 0.3 is 0 Å². The molecule has 1 fully saturated rings. The summed E-state index contributed by atoms with van der Waals surface area (Å²) < 4.78 is 0. The van der Waals surface area contributed by atoms with Gasteiger partial charge in [-0.1, -0.05) is 13.8 Å². The van der Waals surface area contributed by atoms with Crippen LogP contribution in [0.1, 0.15) is 32.3 Å². The number of ketones is 1. The Bertz CT molecular complexity index is 507. The summed E-state index contributed by atoms with van der Waals surface area (Å²) in [5, 5.41) is 4.38. The number of hydrogen-bond acceptors (Lipinski definition) is 4. The summed E-state index contributed by atoms with van der Waals surface area (Å²) in [5.74, 6) is 0.220. The molecule has 18 heavy (non-hydrogen) atoms. The fraction of sp³-hybridized carbons (Fsp3) is 0.500. The molecular formula is C14H17N3O. The number of nitrogens with one attached hydrogen (secondary N) is 1. The van der Waals surface area contributed by atoms with Crippen molar-refractivity contribution in [2.75, 3.05) is 0 Å². The van der Waals surface area contributed by atoms with E-state index in [4.69, 9.17) is 0 Å². The molecule has 0 aromatic carbocycles. The zero-order valence-electron chi connectivity index (χ0n) is 10.7. The maximum Gasteiger partial charge on any atom is 0.144 e. The number of hydrogen-bond donors (Lipinski definition) is 1. The lowest BCUT2D eigenvalue weighted by molar-refractivity contribution is -0.126. The van der Waals surface area contributed by atoms with Gasteiger partial charge in [-0.15, -0.1) is 0 Å². The molecule has 1 aliphatic heterocycles. The molecule has 3 rings (SSSR count). The van der Waals surface area contributed by atoms with E-state index in [1.807, 2.05) is 12.1 Å². The summed E-state index contributed by atoms with van der Waals surface area (Å²) in [5.41, 5.74) is 5.09. The number of nitrogens with zero attached hydrogens (tertiary/aromatic N) is 2. The molecule has 2 heterocycles. The molecule has 0 spiro atoms. The number of pyridine rings is 1. The first kappa shape index (κ1) is 11.4. The topological polar surface area (TPSA) is 54.4 Å². The highest BCUT2D eigenvalue weighted by Gasteiger charge is 2.46. The second-order valence-electron chi connectivity index (χ2n) is 5.96. The molecular weight excluding hydrogens is 226 g/mol. The first-order valence-corrected chi connectivity index (χ1v) is 6.33. The van der Waals surface area contributed by atoms with Crippen molar-refractivity contribution in [3.8, 4) is 0 Å². The summed E-state index contributed by atoms with van der Waals surface area (Å²) >= 11 is 0. The van der Waals surface area contributed by atoms with Crippen LogP contribution in [0.4, 0.5) is 0 Å². The van der Waals surface area contributed by atoms with E-state index in [1.54, 1.807) is 12.4 Å². The van der Waals surface area contributed by atoms with E-state index in [-0.39, 0.29) is 17.4 Å². The predicted molar refractivity (Wildman–Crippen MR) is 69.2 cm³/mol. The fourth-order valence-electron chi connectivity index (χ4n) is 3.04. The van der Waals surface area contributed by atoms with Crippen molar-refractivity contribution in [2.24, 2.45) is 16.4 Å². The maximum atomic E-state index is 12.3. The lowest BCUT2D eigenvalue weighted by atomic mass is 9.68. The SMILES string of the molecule is CC1(C)CC(=O)C2C(c3ccncc3)=NNC2C1. The minimum atomic E-state index is -0.0829. The van der Waals surface area contributed by atoms with E-state index in [9.17, 15) is 4.79 Å². The van der Waals surface area contributed by atoms with Crippen LogP contribution in [0.25, 0.3) is 0 Å². The molecule has 2 atom stereocenters. The summed E-state index contributed by atoms with van der Waals surface area (Å²) in [4.78, 5) is 16.3. The van der Waals surface area contributed by atoms with Crippen LogP contribution in [0, 0.1) is 11.3 Å². The van der Waals surface area contributed by atoms with E-state index >= 15 is 0 Å². The molecule has 0 bridgehead atoms. The van der Waals surface area contributed by atoms with Crippen molar-refractivity contribution < 1.29 is 4.79 Å². The van der Waals surface area contributed by atoms with Crippen molar-refractivity contribution in [3.05, 3.63) is 30.1 Å². The summed E-state index contributed by atoms with van der Waals surface area (Å²) in [7, 11) is 0. The number of carbonyl (C=O) groups excluding carboxylic acids is 1. The lowest BCUT2D eigenvalue weighted by Gasteiger charge is -2.36. The molecule has 1 aliphatic carbocycles. The van der Waals surface area contributed by atoms with Gasteiger partial charge in [0.15, 0.2) is 0 Å². The number of hydrazone groups is 1. The normalized spacial score (nSPS) is 29.4. The van der Waals surface area contributed by atoms with Gasteiger partial charge in [0.2, 0.25) is 0 Å². The van der Waals surface area contributed by atoms with E-state index < -0.39 is 0 Å². The lowest BCUT2D eigenvalue weighted by Crippen LogP contribution is -2.45. The monoisotopic (exact) mass is 243 g/mol. The van der Waals surface area contributed by atoms with Crippen molar-refractivity contribution in [3.63, 3.8) is 0 Å². The first-order valence-electron chi connectivity index (χ1n) is 6.33. The van der Waals surface area contributed by atoms with Gasteiger partial charge in [0.1, 0.15) is 5.78 Å². The van der Waals surface area contributed by atoms with Crippen LogP contribution >= 0.6 is 0 Å². The zero-order chi connectivity index (χ0) is 12.8. The van der Waals surface area contributed by atoms with Gasteiger partial charge in [0.05, 0.1) is 17.7 Å². The Balaban J connectivity index is 1.91. The third-order valence-corrected chi connectivity index (χ3v) is 3.80. The number of rotatable bonds is 1. The largest absolute Gasteiger partial charge is 0.306 e. The van der Waals surface area contributed by atoms with Gasteiger partial charge < -0.3 is 5.43 Å². The highest BCUT2D eigenvalue weighted by Crippen LogP contribution is 2.39. The van der Waals surface area contributed by atoms with E-state index in [0.29, 0.717) is 12.2 Å². The van der Waals surface area contributed by atoms with Gasteiger partial charge in [-0.3, -0.25) is 9.78 Å². The molecule has 1 aromatic heterocycles. The first-order chi connectivity index (χ1) is 8.57. The number of carbonyl (C=O) groups is 1. The Kier molecular flexibility index (Phi) is 2.47. The number of Topliss-reactive ketones (excluding diaryl/α,β-unsaturated/α-hetero) is 1. The quantitative estimate of drug-likeness (QED) is 0.817. The second-order valence-corrected chi connectivity index (χ2v) is 5.96. The average molecular weight is 243 g/mol. The van der Waals surface area contributed by atoms with Crippen molar-refractivity contribution >= 4 is 11.5 Å². The Morgan fingerprint density at radius 3 is 2.78 bits per heavy atom. The summed E-state index contributed by atoms with van der Waals surface area (Å²) in [6.45, 7) is 4.29. The maximum absolute atomic E-state index is 12.3. The zero-order valence-corrected chi connectivity index (χ0v) is 10.7. The minimum Gasteiger partial charge on any atom is -0.306 e. The standard InChI is InChI=1S/C14H17N3O/c1-14(2)7-10-12(11(18)8-14)13(17-16-10)9-3-5-15-6-4-9/h3-6,10,12,16H,7-8H2,1-2H3. The Morgan fingerprint density at radius 1 is 1.33 bits per heavy atom. The van der Waals surface area contributed by atoms with Gasteiger partial charge in [-0.2, -0.15) is 5.10 Å². The molecule has 0 amide bonds. The van der Waals surface area contributed by atoms with Crippen LogP contribution in [-0.4, -0.2) is 22.5 Å². The van der Waals surface area contributed by atoms with E-state index in [2.05, 4.69) is 29.4 Å². The van der Waals surface area contributed by atoms with E-state index in [0.717, 1.165) is 17.7 Å². The molecule has 1 aromatic rings. The average Bonchev–Trinajstić information content (AvgIpc) is 2.72. The molecule has 1 N–H and O–H groups in total. The molecule has 0 saturated heterocycles. The van der Waals surface area contributed by atoms with Gasteiger partial charge in [-0.05, 0) is 24.0 Å². The number of fused-ring (bicyclic) bond motifs is 1. The predicted octanol–water partition coefficient (Wildman–Crippen LogP) is 1.76. The van der Waals surface area contributed by atoms with Gasteiger partial charge in [0, 0.05) is 24.4 Å². The van der Waals surface area contributed by atoms with E-state index in [1.165, 1.54) is 0 Å². The smallest absolute Gasteiger partial charge is 0.144 e. The Morgan fingerprint density at radius 2 is 2.06 bits per heavy atom. The van der Waals surface area contributed by atoms with Gasteiger partial charge in [0.25, 0.3) is 0 Å². The Labute approximate surface area is 107 Å². The molecule has 94 valence electrons. The molecule has 0 radical (unpaired) electrons. The van der Waals surface area contributed by atoms with Crippen LogP contribution in [0.2, 0.25) is 0 Å². The fourth-order valence-corrected chi connectivity index (χ4v) is 3.04. The minimum absolute atomic E-state index is 0.0778. The summed E-state index contributed by atoms with van der Waals surface area (Å²) in [6, 6.07) is 3.98. The van der Waals surface area contributed by atoms with Crippen molar-refractivity contribution in [1.29, 1.82) is 0 Å². The second kappa shape index (κ2) is 3.90. The summed E-state index contributed by atoms with van der Waals surface area (Å²) in [6.07, 6.45) is 5.10. The third-order valence-electron chi connectivity index (χ3n) is 3.80. The van der Waals surface area contributed by atoms with Gasteiger partial charge in [-0.25, -0.2) is 0 Å². The molecule has 2 unspecified atom stereocenters. The van der Waals surface area contributed by atoms with Crippen LogP contribution in [0.3, 0.4) is 0 Å². The highest BCUT2D eigenvalue weighted by atomic mass is 16.1. The third kappa shape index (κ3) is 1.82. The van der Waals surface area contributed by atoms with Crippen LogP contribution in [0.15, 0.2) is 29.6 Å². The molecule has 4 heteroatoms. The van der Waals surface area contributed by atoms with Crippen LogP contribution < -0.4 is 5.43 Å². The van der Waals surface area contributed by atoms with Crippen LogP contribution in [0.5, 0.6) is 0 Å². The number of aromatic nitrogens is 1. The molecule has 1 saturated carbocycles. The highest BCUT2D eigenvalue weighted by molar-refractivity contribution is 6.15. The van der Waals surface area contributed by atoms with Crippen molar-refractivity contribution in [1.82, 2.24) is 10.4 Å². The molecule has 4 nitrogen and oxygen atoms in total. The molecule has 2 aliphatic rings. The van der Waals surface area contributed by atoms with Crippen molar-refractivity contribution in [2.45, 2.75) is 32.7 Å².